The maximum absolute atomic E-state index is 12.7. The summed E-state index contributed by atoms with van der Waals surface area (Å²) in [6, 6.07) is 0. The predicted octanol–water partition coefficient (Wildman–Crippen LogP) is 2.97. The zero-order valence-corrected chi connectivity index (χ0v) is 14.2. The van der Waals surface area contributed by atoms with Gasteiger partial charge in [-0.3, -0.25) is 9.59 Å². The number of amides is 1. The Kier molecular flexibility index (Phi) is 5.93. The molecular weight excluding hydrogens is 318 g/mol. The fourth-order valence-corrected chi connectivity index (χ4v) is 2.94. The summed E-state index contributed by atoms with van der Waals surface area (Å²) >= 11 is 6.10. The number of aliphatic carboxylic acids is 1. The van der Waals surface area contributed by atoms with Crippen LogP contribution in [0.4, 0.5) is 0 Å². The van der Waals surface area contributed by atoms with Crippen LogP contribution < -0.4 is 0 Å². The molecule has 1 aromatic heterocycles. The molecule has 1 N–H and O–H groups in total. The molecule has 1 aliphatic rings. The van der Waals surface area contributed by atoms with Crippen molar-refractivity contribution in [3.63, 3.8) is 0 Å². The van der Waals surface area contributed by atoms with Crippen LogP contribution in [-0.2, 0) is 4.79 Å². The van der Waals surface area contributed by atoms with Crippen LogP contribution in [0.1, 0.15) is 61.8 Å². The topological polar surface area (TPSA) is 83.4 Å². The molecule has 1 saturated heterocycles. The number of carbonyl (C=O) groups is 2. The number of piperidine rings is 1. The van der Waals surface area contributed by atoms with Crippen molar-refractivity contribution in [2.45, 2.75) is 45.4 Å². The van der Waals surface area contributed by atoms with Crippen molar-refractivity contribution in [1.82, 2.24) is 14.9 Å². The van der Waals surface area contributed by atoms with E-state index in [0.717, 1.165) is 12.8 Å². The van der Waals surface area contributed by atoms with Crippen LogP contribution >= 0.6 is 11.6 Å². The first-order chi connectivity index (χ1) is 10.9. The van der Waals surface area contributed by atoms with Gasteiger partial charge in [0, 0.05) is 25.4 Å². The average Bonchev–Trinajstić information content (AvgIpc) is 2.52. The lowest BCUT2D eigenvalue weighted by Gasteiger charge is -2.32. The van der Waals surface area contributed by atoms with Gasteiger partial charge in [0.1, 0.15) is 5.82 Å². The highest BCUT2D eigenvalue weighted by Crippen LogP contribution is 2.24. The molecule has 126 valence electrons. The molecule has 1 aliphatic heterocycles. The van der Waals surface area contributed by atoms with Crippen molar-refractivity contribution in [3.05, 3.63) is 22.7 Å². The van der Waals surface area contributed by atoms with E-state index >= 15 is 0 Å². The normalized spacial score (nSPS) is 18.3. The number of rotatable bonds is 5. The van der Waals surface area contributed by atoms with Gasteiger partial charge in [-0.05, 0) is 25.2 Å². The molecular formula is C16H22ClN3O3. The third kappa shape index (κ3) is 4.64. The largest absolute Gasteiger partial charge is 0.481 e. The summed E-state index contributed by atoms with van der Waals surface area (Å²) in [5, 5.41) is 9.06. The van der Waals surface area contributed by atoms with Gasteiger partial charge < -0.3 is 10.0 Å². The van der Waals surface area contributed by atoms with Gasteiger partial charge in [-0.1, -0.05) is 25.4 Å². The number of likely N-dealkylation sites (tertiary alicyclic amines) is 1. The van der Waals surface area contributed by atoms with Gasteiger partial charge in [0.2, 0.25) is 0 Å². The van der Waals surface area contributed by atoms with E-state index < -0.39 is 5.97 Å². The van der Waals surface area contributed by atoms with E-state index in [1.54, 1.807) is 4.90 Å². The molecule has 1 fully saturated rings. The van der Waals surface area contributed by atoms with E-state index in [-0.39, 0.29) is 34.9 Å². The maximum Gasteiger partial charge on any atom is 0.303 e. The molecule has 0 bridgehead atoms. The number of hydrogen-bond acceptors (Lipinski definition) is 4. The van der Waals surface area contributed by atoms with Crippen LogP contribution in [0.5, 0.6) is 0 Å². The number of carboxylic acid groups (broad SMARTS) is 1. The summed E-state index contributed by atoms with van der Waals surface area (Å²) in [5.41, 5.74) is 0.240. The molecule has 1 atom stereocenters. The van der Waals surface area contributed by atoms with Gasteiger partial charge in [0.05, 0.1) is 11.2 Å². The minimum absolute atomic E-state index is 0.114. The quantitative estimate of drug-likeness (QED) is 0.891. The Labute approximate surface area is 140 Å². The number of nitrogens with zero attached hydrogens (tertiary/aromatic N) is 3. The molecule has 2 rings (SSSR count). The summed E-state index contributed by atoms with van der Waals surface area (Å²) in [6.07, 6.45) is 4.02. The third-order valence-corrected chi connectivity index (χ3v) is 4.33. The minimum atomic E-state index is -0.797. The molecule has 23 heavy (non-hydrogen) atoms. The molecule has 0 aliphatic carbocycles. The van der Waals surface area contributed by atoms with E-state index in [9.17, 15) is 9.59 Å². The average molecular weight is 340 g/mol. The van der Waals surface area contributed by atoms with Crippen LogP contribution in [0, 0.1) is 5.92 Å². The Hall–Kier alpha value is -1.69. The van der Waals surface area contributed by atoms with Gasteiger partial charge in [0.15, 0.2) is 5.69 Å². The minimum Gasteiger partial charge on any atom is -0.481 e. The first-order valence-corrected chi connectivity index (χ1v) is 8.29. The Balaban J connectivity index is 2.10. The molecule has 0 unspecified atom stereocenters. The highest BCUT2D eigenvalue weighted by Gasteiger charge is 2.27. The van der Waals surface area contributed by atoms with E-state index in [2.05, 4.69) is 9.97 Å². The molecule has 0 saturated carbocycles. The second-order valence-corrected chi connectivity index (χ2v) is 6.68. The summed E-state index contributed by atoms with van der Waals surface area (Å²) in [5.74, 6) is -0.0668. The lowest BCUT2D eigenvalue weighted by atomic mass is 9.93. The molecule has 6 nitrogen and oxygen atoms in total. The summed E-state index contributed by atoms with van der Waals surface area (Å²) in [6.45, 7) is 5.13. The van der Waals surface area contributed by atoms with Crippen molar-refractivity contribution in [3.8, 4) is 0 Å². The van der Waals surface area contributed by atoms with Crippen molar-refractivity contribution in [1.29, 1.82) is 0 Å². The van der Waals surface area contributed by atoms with Crippen molar-refractivity contribution >= 4 is 23.5 Å². The Morgan fingerprint density at radius 3 is 2.87 bits per heavy atom. The third-order valence-electron chi connectivity index (χ3n) is 4.05. The number of hydrogen-bond donors (Lipinski definition) is 1. The molecule has 0 radical (unpaired) electrons. The summed E-state index contributed by atoms with van der Waals surface area (Å²) in [4.78, 5) is 33.6. The fraction of sp³-hybridized carbons (Fsp3) is 0.625. The highest BCUT2D eigenvalue weighted by atomic mass is 35.5. The molecule has 1 amide bonds. The maximum atomic E-state index is 12.7. The van der Waals surface area contributed by atoms with Gasteiger partial charge in [0.25, 0.3) is 5.91 Å². The van der Waals surface area contributed by atoms with Crippen molar-refractivity contribution < 1.29 is 14.7 Å². The van der Waals surface area contributed by atoms with Crippen LogP contribution in [0.25, 0.3) is 0 Å². The van der Waals surface area contributed by atoms with Crippen LogP contribution in [0.2, 0.25) is 5.02 Å². The smallest absolute Gasteiger partial charge is 0.303 e. The molecule has 0 aromatic carbocycles. The van der Waals surface area contributed by atoms with Crippen LogP contribution in [0.3, 0.4) is 0 Å². The first kappa shape index (κ1) is 17.7. The van der Waals surface area contributed by atoms with Crippen LogP contribution in [0.15, 0.2) is 6.20 Å². The zero-order valence-electron chi connectivity index (χ0n) is 13.5. The summed E-state index contributed by atoms with van der Waals surface area (Å²) in [7, 11) is 0. The second-order valence-electron chi connectivity index (χ2n) is 6.27. The second kappa shape index (κ2) is 7.73. The van der Waals surface area contributed by atoms with Gasteiger partial charge in [-0.25, -0.2) is 9.97 Å². The molecule has 0 spiro atoms. The Morgan fingerprint density at radius 2 is 2.22 bits per heavy atom. The lowest BCUT2D eigenvalue weighted by Crippen LogP contribution is -2.40. The summed E-state index contributed by atoms with van der Waals surface area (Å²) < 4.78 is 0. The Bertz CT molecular complexity index is 592. The van der Waals surface area contributed by atoms with Crippen molar-refractivity contribution in [2.75, 3.05) is 13.1 Å². The first-order valence-electron chi connectivity index (χ1n) is 7.92. The van der Waals surface area contributed by atoms with E-state index in [0.29, 0.717) is 25.3 Å². The van der Waals surface area contributed by atoms with Gasteiger partial charge in [-0.15, -0.1) is 0 Å². The number of aromatic nitrogens is 2. The van der Waals surface area contributed by atoms with E-state index in [4.69, 9.17) is 16.7 Å². The zero-order chi connectivity index (χ0) is 17.0. The van der Waals surface area contributed by atoms with Gasteiger partial charge >= 0.3 is 5.97 Å². The molecule has 2 heterocycles. The SMILES string of the molecule is CC(C)c1ncc(Cl)c(C(=O)N2CCC[C@H](CCC(=O)O)C2)n1. The van der Waals surface area contributed by atoms with Crippen LogP contribution in [-0.4, -0.2) is 44.9 Å². The van der Waals surface area contributed by atoms with E-state index in [1.807, 2.05) is 13.8 Å². The van der Waals surface area contributed by atoms with Crippen molar-refractivity contribution in [2.24, 2.45) is 5.92 Å². The lowest BCUT2D eigenvalue weighted by molar-refractivity contribution is -0.137. The molecule has 1 aromatic rings. The number of carbonyl (C=O) groups excluding carboxylic acids is 1. The number of halogens is 1. The number of carboxylic acids is 1. The highest BCUT2D eigenvalue weighted by molar-refractivity contribution is 6.33. The predicted molar refractivity (Wildman–Crippen MR) is 86.6 cm³/mol. The molecule has 7 heteroatoms. The monoisotopic (exact) mass is 339 g/mol. The fourth-order valence-electron chi connectivity index (χ4n) is 2.77. The Morgan fingerprint density at radius 1 is 1.48 bits per heavy atom. The van der Waals surface area contributed by atoms with E-state index in [1.165, 1.54) is 6.20 Å². The standard InChI is InChI=1S/C16H22ClN3O3/c1-10(2)15-18-8-12(17)14(19-15)16(23)20-7-3-4-11(9-20)5-6-13(21)22/h8,10-11H,3-7,9H2,1-2H3,(H,21,22)/t11-/m1/s1. The van der Waals surface area contributed by atoms with Gasteiger partial charge in [-0.2, -0.15) is 0 Å².